The van der Waals surface area contributed by atoms with Crippen molar-refractivity contribution in [2.24, 2.45) is 4.99 Å². The summed E-state index contributed by atoms with van der Waals surface area (Å²) >= 11 is 0. The summed E-state index contributed by atoms with van der Waals surface area (Å²) < 4.78 is 2.06. The van der Waals surface area contributed by atoms with Gasteiger partial charge in [0.2, 0.25) is 0 Å². The van der Waals surface area contributed by atoms with E-state index < -0.39 is 0 Å². The molecule has 7 nitrogen and oxygen atoms in total. The average Bonchev–Trinajstić information content (AvgIpc) is 3.03. The first-order valence-corrected chi connectivity index (χ1v) is 8.11. The summed E-state index contributed by atoms with van der Waals surface area (Å²) in [5.74, 6) is 1.84. The van der Waals surface area contributed by atoms with Crippen LogP contribution >= 0.6 is 0 Å². The Kier molecular flexibility index (Phi) is 7.03. The van der Waals surface area contributed by atoms with Crippen LogP contribution < -0.4 is 10.6 Å². The third-order valence-corrected chi connectivity index (χ3v) is 3.39. The highest BCUT2D eigenvalue weighted by Gasteiger charge is 2.02. The molecule has 0 unspecified atom stereocenters. The molecule has 0 aliphatic rings. The zero-order valence-corrected chi connectivity index (χ0v) is 13.9. The van der Waals surface area contributed by atoms with Gasteiger partial charge in [0.05, 0.1) is 0 Å². The van der Waals surface area contributed by atoms with Crippen LogP contribution in [0.4, 0.5) is 0 Å². The number of aromatic nitrogens is 4. The van der Waals surface area contributed by atoms with Crippen molar-refractivity contribution in [2.45, 2.75) is 33.2 Å². The van der Waals surface area contributed by atoms with E-state index in [-0.39, 0.29) is 0 Å². The zero-order chi connectivity index (χ0) is 16.3. The van der Waals surface area contributed by atoms with Gasteiger partial charge < -0.3 is 15.2 Å². The van der Waals surface area contributed by atoms with Crippen molar-refractivity contribution in [3.63, 3.8) is 0 Å². The van der Waals surface area contributed by atoms with Gasteiger partial charge in [-0.05, 0) is 25.0 Å². The lowest BCUT2D eigenvalue weighted by molar-refractivity contribution is 0.632. The Hall–Kier alpha value is -2.44. The number of aliphatic imine (C=N–C) groups is 1. The van der Waals surface area contributed by atoms with Gasteiger partial charge >= 0.3 is 0 Å². The maximum atomic E-state index is 4.60. The molecule has 0 aliphatic heterocycles. The second kappa shape index (κ2) is 9.55. The van der Waals surface area contributed by atoms with Gasteiger partial charge in [0.15, 0.2) is 5.96 Å². The van der Waals surface area contributed by atoms with Gasteiger partial charge in [-0.25, -0.2) is 0 Å². The smallest absolute Gasteiger partial charge is 0.191 e. The largest absolute Gasteiger partial charge is 0.357 e. The second-order valence-corrected chi connectivity index (χ2v) is 5.09. The molecule has 23 heavy (non-hydrogen) atoms. The van der Waals surface area contributed by atoms with Crippen molar-refractivity contribution in [2.75, 3.05) is 19.6 Å². The molecule has 0 aromatic carbocycles. The molecule has 2 aromatic rings. The number of nitrogens with zero attached hydrogens (tertiary/aromatic N) is 5. The SMILES string of the molecule is CCNC(=NCCc1cccnc1)NCCn1cnnc1CC. The fraction of sp³-hybridized carbons (Fsp3) is 0.500. The Balaban J connectivity index is 1.79. The highest BCUT2D eigenvalue weighted by atomic mass is 15.3. The molecule has 0 fully saturated rings. The van der Waals surface area contributed by atoms with Crippen LogP contribution in [0, 0.1) is 0 Å². The summed E-state index contributed by atoms with van der Waals surface area (Å²) in [5, 5.41) is 14.6. The first-order valence-electron chi connectivity index (χ1n) is 8.11. The fourth-order valence-electron chi connectivity index (χ4n) is 2.22. The summed E-state index contributed by atoms with van der Waals surface area (Å²) in [4.78, 5) is 8.72. The van der Waals surface area contributed by atoms with E-state index in [0.29, 0.717) is 0 Å². The summed E-state index contributed by atoms with van der Waals surface area (Å²) in [7, 11) is 0. The van der Waals surface area contributed by atoms with E-state index in [9.17, 15) is 0 Å². The van der Waals surface area contributed by atoms with Crippen LogP contribution in [0.15, 0.2) is 35.8 Å². The van der Waals surface area contributed by atoms with Gasteiger partial charge in [-0.3, -0.25) is 9.98 Å². The summed E-state index contributed by atoms with van der Waals surface area (Å²) in [6.07, 6.45) is 7.21. The molecule has 2 rings (SSSR count). The van der Waals surface area contributed by atoms with Gasteiger partial charge in [0.25, 0.3) is 0 Å². The van der Waals surface area contributed by atoms with Crippen molar-refractivity contribution in [1.29, 1.82) is 0 Å². The van der Waals surface area contributed by atoms with Gasteiger partial charge in [-0.15, -0.1) is 10.2 Å². The molecule has 0 aliphatic carbocycles. The molecule has 2 aromatic heterocycles. The van der Waals surface area contributed by atoms with E-state index >= 15 is 0 Å². The van der Waals surface area contributed by atoms with Crippen LogP contribution in [0.3, 0.4) is 0 Å². The predicted octanol–water partition coefficient (Wildman–Crippen LogP) is 1.03. The number of guanidine groups is 1. The first kappa shape index (κ1) is 16.9. The highest BCUT2D eigenvalue weighted by molar-refractivity contribution is 5.79. The van der Waals surface area contributed by atoms with E-state index in [1.54, 1.807) is 12.5 Å². The van der Waals surface area contributed by atoms with E-state index in [4.69, 9.17) is 0 Å². The molecular formula is C16H25N7. The normalized spacial score (nSPS) is 11.5. The Morgan fingerprint density at radius 3 is 2.96 bits per heavy atom. The number of hydrogen-bond acceptors (Lipinski definition) is 4. The van der Waals surface area contributed by atoms with Crippen LogP contribution in [0.25, 0.3) is 0 Å². The van der Waals surface area contributed by atoms with Gasteiger partial charge in [0.1, 0.15) is 12.2 Å². The molecule has 0 radical (unpaired) electrons. The van der Waals surface area contributed by atoms with Gasteiger partial charge in [-0.2, -0.15) is 0 Å². The molecular weight excluding hydrogens is 290 g/mol. The van der Waals surface area contributed by atoms with Crippen molar-refractivity contribution < 1.29 is 0 Å². The third kappa shape index (κ3) is 5.69. The van der Waals surface area contributed by atoms with Crippen LogP contribution in [0.1, 0.15) is 25.2 Å². The molecule has 124 valence electrons. The molecule has 7 heteroatoms. The Bertz CT molecular complexity index is 591. The molecule has 2 N–H and O–H groups in total. The highest BCUT2D eigenvalue weighted by Crippen LogP contribution is 1.97. The lowest BCUT2D eigenvalue weighted by Gasteiger charge is -2.12. The third-order valence-electron chi connectivity index (χ3n) is 3.39. The van der Waals surface area contributed by atoms with Gasteiger partial charge in [0, 0.05) is 45.0 Å². The topological polar surface area (TPSA) is 80.0 Å². The maximum Gasteiger partial charge on any atom is 0.191 e. The molecule has 0 saturated heterocycles. The molecule has 0 saturated carbocycles. The van der Waals surface area contributed by atoms with Crippen molar-refractivity contribution >= 4 is 5.96 Å². The van der Waals surface area contributed by atoms with E-state index in [1.165, 1.54) is 5.56 Å². The molecule has 0 atom stereocenters. The van der Waals surface area contributed by atoms with E-state index in [1.807, 2.05) is 12.3 Å². The predicted molar refractivity (Wildman–Crippen MR) is 91.3 cm³/mol. The zero-order valence-electron chi connectivity index (χ0n) is 13.9. The summed E-state index contributed by atoms with van der Waals surface area (Å²) in [6, 6.07) is 4.02. The number of hydrogen-bond donors (Lipinski definition) is 2. The van der Waals surface area contributed by atoms with Crippen LogP contribution in [-0.4, -0.2) is 45.3 Å². The minimum atomic E-state index is 0.730. The van der Waals surface area contributed by atoms with E-state index in [2.05, 4.69) is 55.3 Å². The number of aryl methyl sites for hydroxylation is 1. The van der Waals surface area contributed by atoms with Gasteiger partial charge in [-0.1, -0.05) is 13.0 Å². The minimum Gasteiger partial charge on any atom is -0.357 e. The second-order valence-electron chi connectivity index (χ2n) is 5.09. The Labute approximate surface area is 137 Å². The Morgan fingerprint density at radius 2 is 2.22 bits per heavy atom. The molecule has 0 bridgehead atoms. The fourth-order valence-corrected chi connectivity index (χ4v) is 2.22. The van der Waals surface area contributed by atoms with Crippen LogP contribution in [0.2, 0.25) is 0 Å². The number of rotatable bonds is 8. The summed E-state index contributed by atoms with van der Waals surface area (Å²) in [5.41, 5.74) is 1.20. The van der Waals surface area contributed by atoms with Crippen molar-refractivity contribution in [1.82, 2.24) is 30.4 Å². The van der Waals surface area contributed by atoms with Crippen LogP contribution in [0.5, 0.6) is 0 Å². The molecule has 0 amide bonds. The maximum absolute atomic E-state index is 4.60. The molecule has 2 heterocycles. The number of nitrogens with one attached hydrogen (secondary N) is 2. The quantitative estimate of drug-likeness (QED) is 0.562. The monoisotopic (exact) mass is 315 g/mol. The average molecular weight is 315 g/mol. The molecule has 0 spiro atoms. The first-order chi connectivity index (χ1) is 11.3. The summed E-state index contributed by atoms with van der Waals surface area (Å²) in [6.45, 7) is 7.32. The lowest BCUT2D eigenvalue weighted by atomic mass is 10.2. The van der Waals surface area contributed by atoms with E-state index in [0.717, 1.165) is 50.8 Å². The standard InChI is InChI=1S/C16H25N7/c1-3-15-22-21-13-23(15)11-10-20-16(18-4-2)19-9-7-14-6-5-8-17-12-14/h5-6,8,12-13H,3-4,7,9-11H2,1-2H3,(H2,18,19,20). The van der Waals surface area contributed by atoms with Crippen LogP contribution in [-0.2, 0) is 19.4 Å². The minimum absolute atomic E-state index is 0.730. The Morgan fingerprint density at radius 1 is 1.30 bits per heavy atom. The number of pyridine rings is 1. The van der Waals surface area contributed by atoms with Crippen molar-refractivity contribution in [3.8, 4) is 0 Å². The lowest BCUT2D eigenvalue weighted by Crippen LogP contribution is -2.39. The van der Waals surface area contributed by atoms with Crippen molar-refractivity contribution in [3.05, 3.63) is 42.2 Å².